The largest absolute Gasteiger partial charge is 0.351 e. The Hall–Kier alpha value is -2.59. The molecule has 1 amide bonds. The highest BCUT2D eigenvalue weighted by Crippen LogP contribution is 2.25. The minimum Gasteiger partial charge on any atom is -0.351 e. The van der Waals surface area contributed by atoms with Gasteiger partial charge >= 0.3 is 0 Å². The Morgan fingerprint density at radius 2 is 1.59 bits per heavy atom. The standard InChI is InChI=1S/C23H24N2OS/c1-2-16-27-23-20(14-9-15-24-23)22(26)25-17-21(18-10-5-3-6-11-18)19-12-7-4-8-13-19/h3-15,21H,2,16-17H2,1H3,(H,25,26). The van der Waals surface area contributed by atoms with E-state index in [2.05, 4.69) is 41.5 Å². The summed E-state index contributed by atoms with van der Waals surface area (Å²) in [4.78, 5) is 17.2. The maximum atomic E-state index is 12.8. The van der Waals surface area contributed by atoms with E-state index >= 15 is 0 Å². The Morgan fingerprint density at radius 3 is 2.19 bits per heavy atom. The number of thioether (sulfide) groups is 1. The van der Waals surface area contributed by atoms with Gasteiger partial charge in [-0.2, -0.15) is 0 Å². The van der Waals surface area contributed by atoms with E-state index in [0.29, 0.717) is 12.1 Å². The van der Waals surface area contributed by atoms with Gasteiger partial charge in [-0.3, -0.25) is 4.79 Å². The van der Waals surface area contributed by atoms with Crippen molar-refractivity contribution in [2.75, 3.05) is 12.3 Å². The third-order valence-corrected chi connectivity index (χ3v) is 5.54. The Kier molecular flexibility index (Phi) is 7.05. The second-order valence-corrected chi connectivity index (χ2v) is 7.37. The fourth-order valence-corrected chi connectivity index (χ4v) is 3.82. The van der Waals surface area contributed by atoms with E-state index in [0.717, 1.165) is 17.2 Å². The summed E-state index contributed by atoms with van der Waals surface area (Å²) in [7, 11) is 0. The molecule has 3 aromatic rings. The average molecular weight is 377 g/mol. The maximum absolute atomic E-state index is 12.8. The number of hydrogen-bond acceptors (Lipinski definition) is 3. The van der Waals surface area contributed by atoms with Crippen LogP contribution in [0.15, 0.2) is 84.0 Å². The zero-order valence-corrected chi connectivity index (χ0v) is 16.3. The number of aromatic nitrogens is 1. The second kappa shape index (κ2) is 9.93. The van der Waals surface area contributed by atoms with Crippen molar-refractivity contribution >= 4 is 17.7 Å². The molecule has 0 aliphatic rings. The molecule has 0 unspecified atom stereocenters. The van der Waals surface area contributed by atoms with Crippen molar-refractivity contribution in [1.82, 2.24) is 10.3 Å². The quantitative estimate of drug-likeness (QED) is 0.553. The highest BCUT2D eigenvalue weighted by molar-refractivity contribution is 7.99. The molecule has 27 heavy (non-hydrogen) atoms. The first-order valence-corrected chi connectivity index (χ1v) is 10.2. The molecule has 3 nitrogen and oxygen atoms in total. The molecule has 0 saturated heterocycles. The van der Waals surface area contributed by atoms with Gasteiger partial charge in [-0.25, -0.2) is 4.98 Å². The maximum Gasteiger partial charge on any atom is 0.254 e. The molecule has 4 heteroatoms. The van der Waals surface area contributed by atoms with Crippen molar-refractivity contribution in [1.29, 1.82) is 0 Å². The SMILES string of the molecule is CCCSc1ncccc1C(=O)NCC(c1ccccc1)c1ccccc1. The molecule has 1 N–H and O–H groups in total. The van der Waals surface area contributed by atoms with Gasteiger partial charge in [0.2, 0.25) is 0 Å². The van der Waals surface area contributed by atoms with E-state index in [1.807, 2.05) is 48.5 Å². The molecule has 0 bridgehead atoms. The summed E-state index contributed by atoms with van der Waals surface area (Å²) in [5, 5.41) is 3.92. The molecule has 0 aliphatic carbocycles. The van der Waals surface area contributed by atoms with Gasteiger partial charge in [0.25, 0.3) is 5.91 Å². The third-order valence-electron chi connectivity index (χ3n) is 4.33. The monoisotopic (exact) mass is 376 g/mol. The van der Waals surface area contributed by atoms with Crippen LogP contribution in [0.2, 0.25) is 0 Å². The Bertz CT molecular complexity index is 813. The van der Waals surface area contributed by atoms with E-state index in [9.17, 15) is 4.79 Å². The molecular formula is C23H24N2OS. The smallest absolute Gasteiger partial charge is 0.254 e. The predicted octanol–water partition coefficient (Wildman–Crippen LogP) is 5.15. The Morgan fingerprint density at radius 1 is 0.963 bits per heavy atom. The van der Waals surface area contributed by atoms with Crippen molar-refractivity contribution in [3.05, 3.63) is 95.7 Å². The van der Waals surface area contributed by atoms with Crippen molar-refractivity contribution in [2.24, 2.45) is 0 Å². The van der Waals surface area contributed by atoms with Gasteiger partial charge < -0.3 is 5.32 Å². The molecular weight excluding hydrogens is 352 g/mol. The van der Waals surface area contributed by atoms with Crippen LogP contribution in [-0.2, 0) is 0 Å². The molecule has 0 spiro atoms. The van der Waals surface area contributed by atoms with Crippen LogP contribution in [0.1, 0.15) is 40.7 Å². The third kappa shape index (κ3) is 5.20. The number of pyridine rings is 1. The zero-order valence-electron chi connectivity index (χ0n) is 15.5. The number of carbonyl (C=O) groups excluding carboxylic acids is 1. The summed E-state index contributed by atoms with van der Waals surface area (Å²) in [6.07, 6.45) is 2.79. The van der Waals surface area contributed by atoms with Crippen LogP contribution in [0.25, 0.3) is 0 Å². The number of benzene rings is 2. The van der Waals surface area contributed by atoms with Gasteiger partial charge in [-0.1, -0.05) is 67.6 Å². The van der Waals surface area contributed by atoms with Gasteiger partial charge in [0.05, 0.1) is 5.56 Å². The van der Waals surface area contributed by atoms with Crippen LogP contribution in [0.3, 0.4) is 0 Å². The first-order valence-electron chi connectivity index (χ1n) is 9.25. The van der Waals surface area contributed by atoms with Crippen molar-refractivity contribution in [3.8, 4) is 0 Å². The van der Waals surface area contributed by atoms with Crippen LogP contribution in [0.5, 0.6) is 0 Å². The lowest BCUT2D eigenvalue weighted by Crippen LogP contribution is -2.29. The first kappa shape index (κ1) is 19.2. The van der Waals surface area contributed by atoms with Gasteiger partial charge in [0.15, 0.2) is 0 Å². The van der Waals surface area contributed by atoms with Crippen LogP contribution in [0.4, 0.5) is 0 Å². The van der Waals surface area contributed by atoms with Gasteiger partial charge in [0, 0.05) is 18.7 Å². The number of amides is 1. The lowest BCUT2D eigenvalue weighted by Gasteiger charge is -2.19. The summed E-state index contributed by atoms with van der Waals surface area (Å²) >= 11 is 1.63. The molecule has 1 aromatic heterocycles. The van der Waals surface area contributed by atoms with Crippen molar-refractivity contribution in [3.63, 3.8) is 0 Å². The topological polar surface area (TPSA) is 42.0 Å². The van der Waals surface area contributed by atoms with Crippen molar-refractivity contribution < 1.29 is 4.79 Å². The van der Waals surface area contributed by atoms with E-state index in [4.69, 9.17) is 0 Å². The fraction of sp³-hybridized carbons (Fsp3) is 0.217. The normalized spacial score (nSPS) is 10.7. The molecule has 0 atom stereocenters. The zero-order chi connectivity index (χ0) is 18.9. The van der Waals surface area contributed by atoms with E-state index in [1.165, 1.54) is 11.1 Å². The number of hydrogen-bond donors (Lipinski definition) is 1. The van der Waals surface area contributed by atoms with E-state index in [1.54, 1.807) is 18.0 Å². The summed E-state index contributed by atoms with van der Waals surface area (Å²) in [6.45, 7) is 2.67. The number of nitrogens with zero attached hydrogens (tertiary/aromatic N) is 1. The second-order valence-electron chi connectivity index (χ2n) is 6.29. The summed E-state index contributed by atoms with van der Waals surface area (Å²) in [5.41, 5.74) is 3.03. The molecule has 1 heterocycles. The minimum atomic E-state index is -0.0708. The molecule has 0 aliphatic heterocycles. The van der Waals surface area contributed by atoms with Crippen molar-refractivity contribution in [2.45, 2.75) is 24.3 Å². The first-order chi connectivity index (χ1) is 13.3. The number of nitrogens with one attached hydrogen (secondary N) is 1. The number of carbonyl (C=O) groups is 1. The van der Waals surface area contributed by atoms with Crippen LogP contribution < -0.4 is 5.32 Å². The summed E-state index contributed by atoms with van der Waals surface area (Å²) in [6, 6.07) is 24.3. The van der Waals surface area contributed by atoms with Crippen LogP contribution in [0, 0.1) is 0 Å². The molecule has 3 rings (SSSR count). The van der Waals surface area contributed by atoms with Crippen LogP contribution in [-0.4, -0.2) is 23.2 Å². The highest BCUT2D eigenvalue weighted by atomic mass is 32.2. The van der Waals surface area contributed by atoms with E-state index in [-0.39, 0.29) is 11.8 Å². The Balaban J connectivity index is 1.77. The molecule has 0 saturated carbocycles. The van der Waals surface area contributed by atoms with E-state index < -0.39 is 0 Å². The molecule has 138 valence electrons. The predicted molar refractivity (Wildman–Crippen MR) is 112 cm³/mol. The minimum absolute atomic E-state index is 0.0708. The Labute approximate surface area is 165 Å². The molecule has 0 radical (unpaired) electrons. The average Bonchev–Trinajstić information content (AvgIpc) is 2.74. The lowest BCUT2D eigenvalue weighted by molar-refractivity contribution is 0.0949. The molecule has 0 fully saturated rings. The fourth-order valence-electron chi connectivity index (χ4n) is 2.97. The van der Waals surface area contributed by atoms with Gasteiger partial charge in [-0.05, 0) is 35.4 Å². The highest BCUT2D eigenvalue weighted by Gasteiger charge is 2.17. The van der Waals surface area contributed by atoms with Gasteiger partial charge in [0.1, 0.15) is 5.03 Å². The molecule has 2 aromatic carbocycles. The lowest BCUT2D eigenvalue weighted by atomic mass is 9.91. The summed E-state index contributed by atoms with van der Waals surface area (Å²) in [5.74, 6) is 0.992. The number of rotatable bonds is 8. The van der Waals surface area contributed by atoms with Gasteiger partial charge in [-0.15, -0.1) is 11.8 Å². The summed E-state index contributed by atoms with van der Waals surface area (Å²) < 4.78 is 0. The van der Waals surface area contributed by atoms with Crippen LogP contribution >= 0.6 is 11.8 Å².